The molecule has 0 saturated heterocycles. The zero-order valence-electron chi connectivity index (χ0n) is 19.9. The standard InChI is InChI=1S/C28H36O4Si/c1-28(2,3)33(25-15-9-5-10-16-25,26-17-11-6-12-18-26)32-22-20-30-19-21-31-27(23-29)24-13-7-4-8-14-24/h4-18,27,29H,19-23H2,1-3H3. The molecule has 5 heteroatoms. The molecular weight excluding hydrogens is 428 g/mol. The van der Waals surface area contributed by atoms with E-state index in [-0.39, 0.29) is 17.7 Å². The van der Waals surface area contributed by atoms with Crippen molar-refractivity contribution < 1.29 is 19.0 Å². The van der Waals surface area contributed by atoms with Crippen molar-refractivity contribution in [2.75, 3.05) is 33.0 Å². The number of aliphatic hydroxyl groups is 1. The van der Waals surface area contributed by atoms with E-state index in [4.69, 9.17) is 13.9 Å². The van der Waals surface area contributed by atoms with Gasteiger partial charge in [0.15, 0.2) is 0 Å². The maximum absolute atomic E-state index is 9.62. The zero-order valence-corrected chi connectivity index (χ0v) is 20.9. The summed E-state index contributed by atoms with van der Waals surface area (Å²) >= 11 is 0. The van der Waals surface area contributed by atoms with Crippen LogP contribution in [0.5, 0.6) is 0 Å². The molecule has 3 rings (SSSR count). The van der Waals surface area contributed by atoms with E-state index >= 15 is 0 Å². The topological polar surface area (TPSA) is 47.9 Å². The summed E-state index contributed by atoms with van der Waals surface area (Å²) in [5, 5.41) is 12.1. The highest BCUT2D eigenvalue weighted by molar-refractivity contribution is 6.99. The molecule has 33 heavy (non-hydrogen) atoms. The second-order valence-electron chi connectivity index (χ2n) is 9.08. The molecule has 3 aromatic rings. The van der Waals surface area contributed by atoms with Gasteiger partial charge in [0.05, 0.1) is 33.0 Å². The molecule has 1 unspecified atom stereocenters. The Morgan fingerprint density at radius 3 is 1.67 bits per heavy atom. The van der Waals surface area contributed by atoms with Gasteiger partial charge in [-0.1, -0.05) is 112 Å². The fraction of sp³-hybridized carbons (Fsp3) is 0.357. The second kappa shape index (κ2) is 12.3. The number of rotatable bonds is 12. The molecule has 0 saturated carbocycles. The number of hydrogen-bond donors (Lipinski definition) is 1. The quantitative estimate of drug-likeness (QED) is 0.320. The second-order valence-corrected chi connectivity index (χ2v) is 13.4. The largest absolute Gasteiger partial charge is 0.405 e. The van der Waals surface area contributed by atoms with Gasteiger partial charge in [0.25, 0.3) is 8.32 Å². The van der Waals surface area contributed by atoms with Gasteiger partial charge in [-0.25, -0.2) is 0 Å². The highest BCUT2D eigenvalue weighted by atomic mass is 28.4. The number of ether oxygens (including phenoxy) is 2. The maximum Gasteiger partial charge on any atom is 0.261 e. The highest BCUT2D eigenvalue weighted by Gasteiger charge is 2.49. The summed E-state index contributed by atoms with van der Waals surface area (Å²) in [4.78, 5) is 0. The van der Waals surface area contributed by atoms with Crippen molar-refractivity contribution in [1.29, 1.82) is 0 Å². The molecule has 4 nitrogen and oxygen atoms in total. The van der Waals surface area contributed by atoms with Crippen LogP contribution in [0, 0.1) is 0 Å². The van der Waals surface area contributed by atoms with Crippen LogP contribution in [0.3, 0.4) is 0 Å². The van der Waals surface area contributed by atoms with Crippen molar-refractivity contribution in [1.82, 2.24) is 0 Å². The summed E-state index contributed by atoms with van der Waals surface area (Å²) in [6, 6.07) is 31.0. The molecule has 0 spiro atoms. The Hall–Kier alpha value is -2.28. The lowest BCUT2D eigenvalue weighted by atomic mass is 10.1. The first-order valence-corrected chi connectivity index (χ1v) is 13.5. The molecule has 0 aliphatic carbocycles. The van der Waals surface area contributed by atoms with Crippen molar-refractivity contribution in [3.05, 3.63) is 96.6 Å². The van der Waals surface area contributed by atoms with Crippen LogP contribution in [0.4, 0.5) is 0 Å². The van der Waals surface area contributed by atoms with E-state index in [1.54, 1.807) is 0 Å². The van der Waals surface area contributed by atoms with Crippen molar-refractivity contribution >= 4 is 18.7 Å². The van der Waals surface area contributed by atoms with Gasteiger partial charge in [-0.3, -0.25) is 0 Å². The van der Waals surface area contributed by atoms with Crippen LogP contribution in [0.1, 0.15) is 32.4 Å². The minimum absolute atomic E-state index is 0.0527. The van der Waals surface area contributed by atoms with Gasteiger partial charge in [-0.15, -0.1) is 0 Å². The van der Waals surface area contributed by atoms with Gasteiger partial charge in [-0.05, 0) is 21.0 Å². The normalized spacial score (nSPS) is 13.1. The SMILES string of the molecule is CC(C)(C)[Si](OCCOCCOC(CO)c1ccccc1)(c1ccccc1)c1ccccc1. The Morgan fingerprint density at radius 1 is 0.697 bits per heavy atom. The average Bonchev–Trinajstić information content (AvgIpc) is 2.84. The molecule has 0 bridgehead atoms. The third-order valence-corrected chi connectivity index (χ3v) is 10.9. The minimum Gasteiger partial charge on any atom is -0.405 e. The average molecular weight is 465 g/mol. The first-order chi connectivity index (χ1) is 16.0. The summed E-state index contributed by atoms with van der Waals surface area (Å²) in [6.45, 7) is 8.62. The van der Waals surface area contributed by atoms with Crippen LogP contribution < -0.4 is 10.4 Å². The molecule has 0 heterocycles. The smallest absolute Gasteiger partial charge is 0.261 e. The molecule has 0 radical (unpaired) electrons. The minimum atomic E-state index is -2.53. The molecule has 176 valence electrons. The van der Waals surface area contributed by atoms with E-state index < -0.39 is 8.32 Å². The van der Waals surface area contributed by atoms with Crippen LogP contribution in [0.15, 0.2) is 91.0 Å². The van der Waals surface area contributed by atoms with Gasteiger partial charge in [-0.2, -0.15) is 0 Å². The van der Waals surface area contributed by atoms with E-state index in [0.717, 1.165) is 5.56 Å². The summed E-state index contributed by atoms with van der Waals surface area (Å²) in [7, 11) is -2.53. The van der Waals surface area contributed by atoms with E-state index in [9.17, 15) is 5.11 Å². The van der Waals surface area contributed by atoms with Crippen molar-refractivity contribution in [2.45, 2.75) is 31.9 Å². The van der Waals surface area contributed by atoms with Crippen LogP contribution in [0.2, 0.25) is 5.04 Å². The number of aliphatic hydroxyl groups excluding tert-OH is 1. The van der Waals surface area contributed by atoms with Crippen molar-refractivity contribution in [2.24, 2.45) is 0 Å². The maximum atomic E-state index is 9.62. The first-order valence-electron chi connectivity index (χ1n) is 11.6. The molecule has 0 aromatic heterocycles. The van der Waals surface area contributed by atoms with Crippen LogP contribution in [-0.4, -0.2) is 46.5 Å². The van der Waals surface area contributed by atoms with Gasteiger partial charge in [0.2, 0.25) is 0 Å². The summed E-state index contributed by atoms with van der Waals surface area (Å²) in [6.07, 6.45) is -0.330. The number of benzene rings is 3. The Bertz CT molecular complexity index is 887. The van der Waals surface area contributed by atoms with Crippen molar-refractivity contribution in [3.8, 4) is 0 Å². The predicted octanol–water partition coefficient (Wildman–Crippen LogP) is 4.33. The van der Waals surface area contributed by atoms with Crippen LogP contribution in [-0.2, 0) is 13.9 Å². The van der Waals surface area contributed by atoms with E-state index in [1.807, 2.05) is 30.3 Å². The lowest BCUT2D eigenvalue weighted by Crippen LogP contribution is -2.66. The Kier molecular flexibility index (Phi) is 9.41. The van der Waals surface area contributed by atoms with Gasteiger partial charge in [0, 0.05) is 0 Å². The molecule has 1 N–H and O–H groups in total. The number of hydrogen-bond acceptors (Lipinski definition) is 4. The Balaban J connectivity index is 1.59. The molecular formula is C28H36O4Si. The molecule has 3 aromatic carbocycles. The molecule has 1 atom stereocenters. The Labute approximate surface area is 199 Å². The lowest BCUT2D eigenvalue weighted by Gasteiger charge is -2.43. The molecule has 0 aliphatic rings. The van der Waals surface area contributed by atoms with Crippen LogP contribution in [0.25, 0.3) is 0 Å². The Morgan fingerprint density at radius 2 is 1.18 bits per heavy atom. The highest BCUT2D eigenvalue weighted by Crippen LogP contribution is 2.36. The third kappa shape index (κ3) is 6.40. The van der Waals surface area contributed by atoms with Gasteiger partial charge < -0.3 is 19.0 Å². The van der Waals surface area contributed by atoms with Crippen molar-refractivity contribution in [3.63, 3.8) is 0 Å². The molecule has 0 amide bonds. The lowest BCUT2D eigenvalue weighted by molar-refractivity contribution is -0.0241. The predicted molar refractivity (Wildman–Crippen MR) is 137 cm³/mol. The first kappa shape index (κ1) is 25.3. The molecule has 0 aliphatic heterocycles. The zero-order chi connectivity index (χ0) is 23.6. The monoisotopic (exact) mass is 464 g/mol. The van der Waals surface area contributed by atoms with Crippen LogP contribution >= 0.6 is 0 Å². The molecule has 0 fully saturated rings. The summed E-state index contributed by atoms with van der Waals surface area (Å²) < 4.78 is 18.5. The van der Waals surface area contributed by atoms with E-state index in [0.29, 0.717) is 26.4 Å². The fourth-order valence-electron chi connectivity index (χ4n) is 4.29. The summed E-state index contributed by atoms with van der Waals surface area (Å²) in [5.74, 6) is 0. The van der Waals surface area contributed by atoms with Gasteiger partial charge >= 0.3 is 0 Å². The summed E-state index contributed by atoms with van der Waals surface area (Å²) in [5.41, 5.74) is 0.968. The van der Waals surface area contributed by atoms with Gasteiger partial charge in [0.1, 0.15) is 6.10 Å². The fourth-order valence-corrected chi connectivity index (χ4v) is 8.83. The van der Waals surface area contributed by atoms with E-state index in [2.05, 4.69) is 81.4 Å². The van der Waals surface area contributed by atoms with E-state index in [1.165, 1.54) is 10.4 Å². The third-order valence-electron chi connectivity index (χ3n) is 5.85.